The lowest BCUT2D eigenvalue weighted by atomic mass is 9.89. The largest absolute Gasteiger partial charge is 0.476 e. The van der Waals surface area contributed by atoms with Crippen molar-refractivity contribution in [3.05, 3.63) is 88.9 Å². The van der Waals surface area contributed by atoms with Crippen molar-refractivity contribution < 1.29 is 24.0 Å². The van der Waals surface area contributed by atoms with Gasteiger partial charge in [0.1, 0.15) is 5.82 Å². The number of hydrogen-bond donors (Lipinski definition) is 3. The highest BCUT2D eigenvalue weighted by atomic mass is 16.5. The molecule has 44 heavy (non-hydrogen) atoms. The zero-order chi connectivity index (χ0) is 31.4. The second-order valence-corrected chi connectivity index (χ2v) is 12.4. The minimum Gasteiger partial charge on any atom is -0.476 e. The molecule has 0 saturated carbocycles. The Morgan fingerprint density at radius 3 is 2.36 bits per heavy atom. The number of rotatable bonds is 9. The SMILES string of the molecule is Cc1ccc(-n2nc(C(C)(C)C)cc2NC(=O)Nc2ccccc2CC2CCN(CC(=O)c3cc(C(=O)O)no3)CC2)cc1. The monoisotopic (exact) mass is 598 g/mol. The van der Waals surface area contributed by atoms with E-state index in [2.05, 4.69) is 36.6 Å². The standard InChI is InChI=1S/C33H38N6O5/c1-21-9-11-24(12-10-21)39-30(19-29(36-39)33(2,3)4)35-32(43)34-25-8-6-5-7-23(25)17-22-13-15-38(16-14-22)20-27(40)28-18-26(31(41)42)37-44-28/h5-12,18-19,22H,13-17,20H2,1-4H3,(H,41,42)(H2,34,35,43). The van der Waals surface area contributed by atoms with Crippen LogP contribution < -0.4 is 10.6 Å². The summed E-state index contributed by atoms with van der Waals surface area (Å²) in [4.78, 5) is 38.9. The van der Waals surface area contributed by atoms with Crippen LogP contribution in [-0.2, 0) is 11.8 Å². The minimum absolute atomic E-state index is 0.0423. The summed E-state index contributed by atoms with van der Waals surface area (Å²) in [5.74, 6) is -0.597. The number of Topliss-reactive ketones (excluding diaryl/α,β-unsaturated/α-hetero) is 1. The molecule has 1 aliphatic rings. The smallest absolute Gasteiger partial charge is 0.358 e. The van der Waals surface area contributed by atoms with E-state index >= 15 is 0 Å². The fourth-order valence-corrected chi connectivity index (χ4v) is 5.26. The predicted molar refractivity (Wildman–Crippen MR) is 167 cm³/mol. The number of para-hydroxylation sites is 1. The number of amides is 2. The lowest BCUT2D eigenvalue weighted by molar-refractivity contribution is 0.0684. The molecule has 2 aromatic heterocycles. The Bertz CT molecular complexity index is 1640. The third-order valence-corrected chi connectivity index (χ3v) is 7.85. The number of aromatic carboxylic acids is 1. The number of carbonyl (C=O) groups is 3. The van der Waals surface area contributed by atoms with Crippen molar-refractivity contribution in [2.24, 2.45) is 5.92 Å². The van der Waals surface area contributed by atoms with Crippen LogP contribution in [0.4, 0.5) is 16.3 Å². The van der Waals surface area contributed by atoms with Crippen LogP contribution in [0.15, 0.2) is 65.2 Å². The number of hydrogen-bond acceptors (Lipinski definition) is 7. The molecule has 0 spiro atoms. The van der Waals surface area contributed by atoms with Crippen LogP contribution >= 0.6 is 0 Å². The number of likely N-dealkylation sites (tertiary alicyclic amines) is 1. The molecule has 0 radical (unpaired) electrons. The van der Waals surface area contributed by atoms with Crippen molar-refractivity contribution in [3.63, 3.8) is 0 Å². The minimum atomic E-state index is -1.23. The van der Waals surface area contributed by atoms with Crippen LogP contribution in [0.3, 0.4) is 0 Å². The molecule has 1 fully saturated rings. The number of aromatic nitrogens is 3. The summed E-state index contributed by atoms with van der Waals surface area (Å²) in [6.07, 6.45) is 2.56. The maximum atomic E-state index is 13.3. The Kier molecular flexibility index (Phi) is 8.96. The van der Waals surface area contributed by atoms with Gasteiger partial charge in [0.05, 0.1) is 17.9 Å². The Morgan fingerprint density at radius 2 is 1.70 bits per heavy atom. The number of aryl methyl sites for hydroxylation is 1. The van der Waals surface area contributed by atoms with Crippen molar-refractivity contribution in [1.82, 2.24) is 19.8 Å². The average Bonchev–Trinajstić information content (AvgIpc) is 3.64. The van der Waals surface area contributed by atoms with Crippen molar-refractivity contribution in [1.29, 1.82) is 0 Å². The van der Waals surface area contributed by atoms with Gasteiger partial charge in [-0.1, -0.05) is 61.8 Å². The first-order valence-corrected chi connectivity index (χ1v) is 14.8. The molecule has 1 aliphatic heterocycles. The van der Waals surface area contributed by atoms with Gasteiger partial charge >= 0.3 is 12.0 Å². The van der Waals surface area contributed by atoms with Crippen molar-refractivity contribution in [2.45, 2.75) is 52.4 Å². The lowest BCUT2D eigenvalue weighted by Crippen LogP contribution is -2.37. The maximum absolute atomic E-state index is 13.3. The zero-order valence-electron chi connectivity index (χ0n) is 25.5. The molecular weight excluding hydrogens is 560 g/mol. The molecule has 11 nitrogen and oxygen atoms in total. The second kappa shape index (κ2) is 12.8. The van der Waals surface area contributed by atoms with Gasteiger partial charge in [-0.25, -0.2) is 14.3 Å². The van der Waals surface area contributed by atoms with Crippen molar-refractivity contribution >= 4 is 29.3 Å². The molecule has 2 aromatic carbocycles. The van der Waals surface area contributed by atoms with Crippen LogP contribution in [-0.4, -0.2) is 62.4 Å². The number of anilines is 2. The van der Waals surface area contributed by atoms with E-state index < -0.39 is 5.97 Å². The molecule has 11 heteroatoms. The fourth-order valence-electron chi connectivity index (χ4n) is 5.26. The topological polar surface area (TPSA) is 143 Å². The average molecular weight is 599 g/mol. The summed E-state index contributed by atoms with van der Waals surface area (Å²) in [5, 5.41) is 23.3. The molecule has 1 saturated heterocycles. The summed E-state index contributed by atoms with van der Waals surface area (Å²) < 4.78 is 6.67. The first kappa shape index (κ1) is 30.7. The maximum Gasteiger partial charge on any atom is 0.358 e. The van der Waals surface area contributed by atoms with E-state index in [-0.39, 0.29) is 35.2 Å². The van der Waals surface area contributed by atoms with E-state index in [9.17, 15) is 14.4 Å². The van der Waals surface area contributed by atoms with Crippen molar-refractivity contribution in [2.75, 3.05) is 30.3 Å². The molecular formula is C33H38N6O5. The quantitative estimate of drug-likeness (QED) is 0.201. The van der Waals surface area contributed by atoms with Crippen LogP contribution in [0.2, 0.25) is 0 Å². The first-order chi connectivity index (χ1) is 21.0. The van der Waals surface area contributed by atoms with Crippen molar-refractivity contribution in [3.8, 4) is 5.69 Å². The van der Waals surface area contributed by atoms with Crippen LogP contribution in [0, 0.1) is 12.8 Å². The van der Waals surface area contributed by atoms with E-state index in [4.69, 9.17) is 14.7 Å². The van der Waals surface area contributed by atoms with Gasteiger partial charge in [0.15, 0.2) is 5.69 Å². The number of piperidine rings is 1. The summed E-state index contributed by atoms with van der Waals surface area (Å²) in [6.45, 7) is 9.90. The van der Waals surface area contributed by atoms with Crippen LogP contribution in [0.1, 0.15) is 71.5 Å². The third-order valence-electron chi connectivity index (χ3n) is 7.85. The van der Waals surface area contributed by atoms with Gasteiger partial charge in [0.25, 0.3) is 0 Å². The van der Waals surface area contributed by atoms with Gasteiger partial charge in [0, 0.05) is 23.2 Å². The summed E-state index contributed by atoms with van der Waals surface area (Å²) in [6, 6.07) is 18.5. The summed E-state index contributed by atoms with van der Waals surface area (Å²) in [7, 11) is 0. The van der Waals surface area contributed by atoms with E-state index in [1.54, 1.807) is 4.68 Å². The molecule has 3 heterocycles. The molecule has 5 rings (SSSR count). The number of benzene rings is 2. The van der Waals surface area contributed by atoms with Crippen LogP contribution in [0.5, 0.6) is 0 Å². The highest BCUT2D eigenvalue weighted by Gasteiger charge is 2.25. The third kappa shape index (κ3) is 7.41. The Labute approximate surface area is 256 Å². The molecule has 230 valence electrons. The second-order valence-electron chi connectivity index (χ2n) is 12.4. The van der Waals surface area contributed by atoms with E-state index in [0.29, 0.717) is 11.7 Å². The highest BCUT2D eigenvalue weighted by Crippen LogP contribution is 2.28. The molecule has 0 aliphatic carbocycles. The van der Waals surface area contributed by atoms with Gasteiger partial charge < -0.3 is 14.9 Å². The predicted octanol–water partition coefficient (Wildman–Crippen LogP) is 5.95. The summed E-state index contributed by atoms with van der Waals surface area (Å²) in [5.41, 5.74) is 4.19. The van der Waals surface area contributed by atoms with Gasteiger partial charge in [-0.3, -0.25) is 15.0 Å². The van der Waals surface area contributed by atoms with Gasteiger partial charge in [-0.05, 0) is 69.0 Å². The van der Waals surface area contributed by atoms with Gasteiger partial charge in [-0.2, -0.15) is 5.10 Å². The fraction of sp³-hybridized carbons (Fsp3) is 0.364. The van der Waals surface area contributed by atoms with Gasteiger partial charge in [-0.15, -0.1) is 0 Å². The molecule has 0 bridgehead atoms. The number of carbonyl (C=O) groups excluding carboxylic acids is 2. The normalized spacial score (nSPS) is 14.4. The van der Waals surface area contributed by atoms with Gasteiger partial charge in [0.2, 0.25) is 11.5 Å². The Hall–Kier alpha value is -4.77. The number of ketones is 1. The number of nitrogens with one attached hydrogen (secondary N) is 2. The molecule has 3 N–H and O–H groups in total. The van der Waals surface area contributed by atoms with E-state index in [0.717, 1.165) is 66.6 Å². The molecule has 2 amide bonds. The number of carboxylic acid groups (broad SMARTS) is 1. The van der Waals surface area contributed by atoms with E-state index in [1.165, 1.54) is 0 Å². The Morgan fingerprint density at radius 1 is 1.00 bits per heavy atom. The first-order valence-electron chi connectivity index (χ1n) is 14.8. The number of nitrogens with zero attached hydrogens (tertiary/aromatic N) is 4. The molecule has 0 atom stereocenters. The lowest BCUT2D eigenvalue weighted by Gasteiger charge is -2.31. The zero-order valence-corrected chi connectivity index (χ0v) is 25.5. The molecule has 0 unspecified atom stereocenters. The number of urea groups is 1. The summed E-state index contributed by atoms with van der Waals surface area (Å²) >= 11 is 0. The highest BCUT2D eigenvalue weighted by molar-refractivity contribution is 6.00. The van der Waals surface area contributed by atoms with E-state index in [1.807, 2.05) is 66.4 Å². The molecule has 4 aromatic rings. The Balaban J connectivity index is 1.20. The van der Waals surface area contributed by atoms with Crippen LogP contribution in [0.25, 0.3) is 5.69 Å². The number of carboxylic acids is 1.